The van der Waals surface area contributed by atoms with Gasteiger partial charge in [0.15, 0.2) is 0 Å². The summed E-state index contributed by atoms with van der Waals surface area (Å²) < 4.78 is 38.6. The third-order valence-corrected chi connectivity index (χ3v) is 4.48. The van der Waals surface area contributed by atoms with E-state index in [4.69, 9.17) is 0 Å². The second kappa shape index (κ2) is 8.60. The predicted octanol–water partition coefficient (Wildman–Crippen LogP) is 1.37. The lowest BCUT2D eigenvalue weighted by atomic mass is 10.1. The Morgan fingerprint density at radius 2 is 1.67 bits per heavy atom. The fraction of sp³-hybridized carbons (Fsp3) is 0.556. The van der Waals surface area contributed by atoms with E-state index in [1.807, 2.05) is 4.90 Å². The number of benzene rings is 1. The number of halogens is 3. The van der Waals surface area contributed by atoms with E-state index in [1.54, 1.807) is 37.0 Å². The van der Waals surface area contributed by atoms with Crippen LogP contribution in [0.1, 0.15) is 5.56 Å². The van der Waals surface area contributed by atoms with Crippen molar-refractivity contribution in [2.75, 3.05) is 65.3 Å². The summed E-state index contributed by atoms with van der Waals surface area (Å²) >= 11 is 0. The average molecular weight is 386 g/mol. The van der Waals surface area contributed by atoms with Gasteiger partial charge in [-0.25, -0.2) is 0 Å². The fourth-order valence-corrected chi connectivity index (χ4v) is 2.85. The van der Waals surface area contributed by atoms with Gasteiger partial charge in [0.1, 0.15) is 0 Å². The highest BCUT2D eigenvalue weighted by Crippen LogP contribution is 2.31. The summed E-state index contributed by atoms with van der Waals surface area (Å²) in [5, 5.41) is 0. The van der Waals surface area contributed by atoms with E-state index in [-0.39, 0.29) is 24.9 Å². The minimum Gasteiger partial charge on any atom is -0.368 e. The van der Waals surface area contributed by atoms with E-state index >= 15 is 0 Å². The fourth-order valence-electron chi connectivity index (χ4n) is 2.85. The molecule has 2 rings (SSSR count). The van der Waals surface area contributed by atoms with Crippen LogP contribution in [-0.4, -0.2) is 86.9 Å². The molecule has 2 amide bonds. The van der Waals surface area contributed by atoms with Crippen LogP contribution in [0.15, 0.2) is 24.3 Å². The van der Waals surface area contributed by atoms with Gasteiger partial charge in [0.2, 0.25) is 11.8 Å². The largest absolute Gasteiger partial charge is 0.416 e. The van der Waals surface area contributed by atoms with Crippen LogP contribution in [-0.2, 0) is 15.8 Å². The summed E-state index contributed by atoms with van der Waals surface area (Å²) in [5.74, 6) is -0.174. The lowest BCUT2D eigenvalue weighted by molar-refractivity contribution is -0.137. The maximum Gasteiger partial charge on any atom is 0.416 e. The molecule has 1 fully saturated rings. The first-order valence-electron chi connectivity index (χ1n) is 8.66. The molecule has 1 heterocycles. The first-order chi connectivity index (χ1) is 12.6. The number of anilines is 1. The SMILES string of the molecule is CN(CC(=O)N(C)C)CC(=O)N1CCN(c2cccc(C(F)(F)F)c2)CC1. The van der Waals surface area contributed by atoms with E-state index in [1.165, 1.54) is 11.0 Å². The molecule has 27 heavy (non-hydrogen) atoms. The number of piperazine rings is 1. The molecule has 1 aliphatic heterocycles. The second-order valence-corrected chi connectivity index (χ2v) is 6.88. The van der Waals surface area contributed by atoms with Crippen molar-refractivity contribution in [1.29, 1.82) is 0 Å². The zero-order chi connectivity index (χ0) is 20.2. The zero-order valence-electron chi connectivity index (χ0n) is 15.8. The van der Waals surface area contributed by atoms with Gasteiger partial charge in [-0.3, -0.25) is 14.5 Å². The average Bonchev–Trinajstić information content (AvgIpc) is 2.61. The van der Waals surface area contributed by atoms with Crippen molar-refractivity contribution >= 4 is 17.5 Å². The first kappa shape index (κ1) is 21.0. The highest BCUT2D eigenvalue weighted by Gasteiger charge is 2.31. The number of hydrogen-bond donors (Lipinski definition) is 0. The van der Waals surface area contributed by atoms with Gasteiger partial charge < -0.3 is 14.7 Å². The lowest BCUT2D eigenvalue weighted by Gasteiger charge is -2.37. The quantitative estimate of drug-likeness (QED) is 0.767. The number of hydrogen-bond acceptors (Lipinski definition) is 4. The zero-order valence-corrected chi connectivity index (χ0v) is 15.8. The Morgan fingerprint density at radius 3 is 2.22 bits per heavy atom. The molecule has 0 saturated carbocycles. The Bertz CT molecular complexity index is 671. The van der Waals surface area contributed by atoms with E-state index in [9.17, 15) is 22.8 Å². The van der Waals surface area contributed by atoms with E-state index in [0.29, 0.717) is 31.9 Å². The van der Waals surface area contributed by atoms with Crippen molar-refractivity contribution in [2.45, 2.75) is 6.18 Å². The third kappa shape index (κ3) is 5.85. The van der Waals surface area contributed by atoms with Crippen LogP contribution in [0.3, 0.4) is 0 Å². The maximum atomic E-state index is 12.9. The third-order valence-electron chi connectivity index (χ3n) is 4.48. The molecule has 0 bridgehead atoms. The number of amides is 2. The van der Waals surface area contributed by atoms with Crippen LogP contribution in [0.5, 0.6) is 0 Å². The van der Waals surface area contributed by atoms with Crippen LogP contribution in [0.25, 0.3) is 0 Å². The summed E-state index contributed by atoms with van der Waals surface area (Å²) in [6.45, 7) is 2.09. The van der Waals surface area contributed by atoms with Gasteiger partial charge in [0.05, 0.1) is 18.7 Å². The van der Waals surface area contributed by atoms with Crippen molar-refractivity contribution in [3.05, 3.63) is 29.8 Å². The van der Waals surface area contributed by atoms with Gasteiger partial charge in [-0.15, -0.1) is 0 Å². The molecule has 6 nitrogen and oxygen atoms in total. The maximum absolute atomic E-state index is 12.9. The second-order valence-electron chi connectivity index (χ2n) is 6.88. The Hall–Kier alpha value is -2.29. The van der Waals surface area contributed by atoms with Crippen molar-refractivity contribution in [3.63, 3.8) is 0 Å². The van der Waals surface area contributed by atoms with Crippen molar-refractivity contribution in [2.24, 2.45) is 0 Å². The van der Waals surface area contributed by atoms with Gasteiger partial charge >= 0.3 is 6.18 Å². The number of likely N-dealkylation sites (N-methyl/N-ethyl adjacent to an activating group) is 2. The van der Waals surface area contributed by atoms with Crippen LogP contribution < -0.4 is 4.90 Å². The number of alkyl halides is 3. The van der Waals surface area contributed by atoms with Crippen molar-refractivity contribution < 1.29 is 22.8 Å². The molecule has 1 saturated heterocycles. The normalized spacial score (nSPS) is 15.2. The molecular weight excluding hydrogens is 361 g/mol. The number of carbonyl (C=O) groups excluding carboxylic acids is 2. The molecule has 150 valence electrons. The summed E-state index contributed by atoms with van der Waals surface area (Å²) in [5.41, 5.74) is -0.170. The Morgan fingerprint density at radius 1 is 1.04 bits per heavy atom. The summed E-state index contributed by atoms with van der Waals surface area (Å²) in [4.78, 5) is 30.7. The Labute approximate surface area is 157 Å². The van der Waals surface area contributed by atoms with E-state index in [0.717, 1.165) is 12.1 Å². The number of nitrogens with zero attached hydrogens (tertiary/aromatic N) is 4. The minimum atomic E-state index is -4.37. The molecule has 0 aromatic heterocycles. The van der Waals surface area contributed by atoms with E-state index in [2.05, 4.69) is 0 Å². The summed E-state index contributed by atoms with van der Waals surface area (Å²) in [6.07, 6.45) is -4.37. The molecule has 0 unspecified atom stereocenters. The van der Waals surface area contributed by atoms with E-state index < -0.39 is 11.7 Å². The molecule has 0 atom stereocenters. The molecule has 0 radical (unpaired) electrons. The summed E-state index contributed by atoms with van der Waals surface area (Å²) in [6, 6.07) is 5.23. The van der Waals surface area contributed by atoms with Crippen LogP contribution in [0.2, 0.25) is 0 Å². The molecule has 1 aliphatic rings. The highest BCUT2D eigenvalue weighted by molar-refractivity contribution is 5.81. The van der Waals surface area contributed by atoms with Crippen LogP contribution in [0, 0.1) is 0 Å². The van der Waals surface area contributed by atoms with Crippen molar-refractivity contribution in [1.82, 2.24) is 14.7 Å². The number of rotatable bonds is 5. The molecule has 1 aromatic rings. The van der Waals surface area contributed by atoms with Gasteiger partial charge in [-0.05, 0) is 25.2 Å². The first-order valence-corrected chi connectivity index (χ1v) is 8.66. The monoisotopic (exact) mass is 386 g/mol. The topological polar surface area (TPSA) is 47.1 Å². The van der Waals surface area contributed by atoms with Gasteiger partial charge in [0.25, 0.3) is 0 Å². The smallest absolute Gasteiger partial charge is 0.368 e. The number of carbonyl (C=O) groups is 2. The predicted molar refractivity (Wildman–Crippen MR) is 96.4 cm³/mol. The molecule has 0 spiro atoms. The molecular formula is C18H25F3N4O2. The van der Waals surface area contributed by atoms with Crippen LogP contribution >= 0.6 is 0 Å². The van der Waals surface area contributed by atoms with Crippen molar-refractivity contribution in [3.8, 4) is 0 Å². The van der Waals surface area contributed by atoms with Gasteiger partial charge in [-0.2, -0.15) is 13.2 Å². The molecule has 9 heteroatoms. The Kier molecular flexibility index (Phi) is 6.69. The molecule has 1 aromatic carbocycles. The molecule has 0 N–H and O–H groups in total. The Balaban J connectivity index is 1.88. The lowest BCUT2D eigenvalue weighted by Crippen LogP contribution is -2.51. The van der Waals surface area contributed by atoms with Gasteiger partial charge in [0, 0.05) is 46.0 Å². The standard InChI is InChI=1S/C18H25F3N4O2/c1-22(2)16(26)12-23(3)13-17(27)25-9-7-24(8-10-25)15-6-4-5-14(11-15)18(19,20)21/h4-6,11H,7-10,12-13H2,1-3H3. The minimum absolute atomic E-state index is 0.0836. The summed E-state index contributed by atoms with van der Waals surface area (Å²) in [7, 11) is 5.02. The highest BCUT2D eigenvalue weighted by atomic mass is 19.4. The van der Waals surface area contributed by atoms with Gasteiger partial charge in [-0.1, -0.05) is 6.07 Å². The molecule has 0 aliphatic carbocycles. The van der Waals surface area contributed by atoms with Crippen LogP contribution in [0.4, 0.5) is 18.9 Å².